The Morgan fingerprint density at radius 1 is 0.722 bits per heavy atom. The Hall–Kier alpha value is -2.78. The Bertz CT molecular complexity index is 1100. The molecule has 0 spiro atoms. The number of carbonyl (C=O) groups excluding carboxylic acids is 4. The molecule has 4 atom stereocenters. The third kappa shape index (κ3) is 5.95. The number of rotatable bonds is 4. The lowest BCUT2D eigenvalue weighted by Gasteiger charge is -2.39. The highest BCUT2D eigenvalue weighted by Gasteiger charge is 2.41. The first-order chi connectivity index (χ1) is 17.1. The lowest BCUT2D eigenvalue weighted by atomic mass is 9.92. The van der Waals surface area contributed by atoms with Crippen LogP contribution in [0.4, 0.5) is 0 Å². The minimum Gasteiger partial charge on any atom is -0.358 e. The molecule has 2 saturated heterocycles. The van der Waals surface area contributed by atoms with E-state index < -0.39 is 36.1 Å². The van der Waals surface area contributed by atoms with Crippen LogP contribution in [0.15, 0.2) is 48.5 Å². The molecule has 2 aromatic carbocycles. The van der Waals surface area contributed by atoms with Crippen LogP contribution in [0.3, 0.4) is 0 Å². The molecule has 0 amide bonds. The van der Waals surface area contributed by atoms with E-state index in [0.717, 1.165) is 0 Å². The minimum absolute atomic E-state index is 0.0125. The zero-order valence-corrected chi connectivity index (χ0v) is 21.4. The molecular formula is C26H26Cl2N2O6. The summed E-state index contributed by atoms with van der Waals surface area (Å²) >= 11 is 12.2. The molecule has 0 saturated carbocycles. The van der Waals surface area contributed by atoms with Crippen LogP contribution in [0.5, 0.6) is 0 Å². The lowest BCUT2D eigenvalue weighted by molar-refractivity contribution is -0.246. The van der Waals surface area contributed by atoms with Gasteiger partial charge < -0.3 is 9.68 Å². The Balaban J connectivity index is 1.51. The molecule has 8 nitrogen and oxygen atoms in total. The summed E-state index contributed by atoms with van der Waals surface area (Å²) in [5, 5.41) is 3.66. The second-order valence-corrected chi connectivity index (χ2v) is 10.1. The molecule has 2 aromatic rings. The van der Waals surface area contributed by atoms with Gasteiger partial charge in [0.2, 0.25) is 0 Å². The highest BCUT2D eigenvalue weighted by Crippen LogP contribution is 2.36. The molecule has 0 unspecified atom stereocenters. The predicted octanol–water partition coefficient (Wildman–Crippen LogP) is 4.80. The molecule has 2 aliphatic heterocycles. The van der Waals surface area contributed by atoms with Crippen molar-refractivity contribution >= 4 is 46.7 Å². The molecule has 2 aliphatic rings. The van der Waals surface area contributed by atoms with Crippen molar-refractivity contribution in [1.82, 2.24) is 10.1 Å². The maximum absolute atomic E-state index is 12.9. The summed E-state index contributed by atoms with van der Waals surface area (Å²) in [4.78, 5) is 61.3. The Kier molecular flexibility index (Phi) is 8.10. The fourth-order valence-electron chi connectivity index (χ4n) is 4.76. The largest absolute Gasteiger partial charge is 0.438 e. The molecule has 190 valence electrons. The van der Waals surface area contributed by atoms with Gasteiger partial charge in [0.25, 0.3) is 0 Å². The van der Waals surface area contributed by atoms with Gasteiger partial charge >= 0.3 is 11.9 Å². The van der Waals surface area contributed by atoms with Crippen LogP contribution < -0.4 is 0 Å². The Morgan fingerprint density at radius 3 is 1.47 bits per heavy atom. The first-order valence-electron chi connectivity index (χ1n) is 11.7. The molecule has 2 fully saturated rings. The fourth-order valence-corrected chi connectivity index (χ4v) is 5.16. The summed E-state index contributed by atoms with van der Waals surface area (Å²) in [6.07, 6.45) is 0.549. The molecule has 36 heavy (non-hydrogen) atoms. The quantitative estimate of drug-likeness (QED) is 0.518. The van der Waals surface area contributed by atoms with Crippen LogP contribution in [-0.4, -0.2) is 45.7 Å². The van der Waals surface area contributed by atoms with Crippen molar-refractivity contribution in [3.8, 4) is 0 Å². The molecule has 0 bridgehead atoms. The van der Waals surface area contributed by atoms with Gasteiger partial charge in [-0.1, -0.05) is 47.5 Å². The van der Waals surface area contributed by atoms with Crippen LogP contribution in [0.25, 0.3) is 0 Å². The van der Waals surface area contributed by atoms with Gasteiger partial charge in [-0.05, 0) is 49.2 Å². The monoisotopic (exact) mass is 532 g/mol. The SMILES string of the molecule is C[C@H]1CC(=O)C[C@@H](c2cccc(Cl)c2)N1OC(=O)C(=O)ON1[C@@H](C)CC(=O)C[C@H]1c1cccc(Cl)c1. The van der Waals surface area contributed by atoms with Crippen LogP contribution in [-0.2, 0) is 28.9 Å². The molecule has 4 rings (SSSR count). The molecular weight excluding hydrogens is 507 g/mol. The van der Waals surface area contributed by atoms with E-state index in [9.17, 15) is 19.2 Å². The number of benzene rings is 2. The van der Waals surface area contributed by atoms with Gasteiger partial charge in [0.15, 0.2) is 0 Å². The van der Waals surface area contributed by atoms with Crippen molar-refractivity contribution < 1.29 is 28.9 Å². The van der Waals surface area contributed by atoms with E-state index in [4.69, 9.17) is 32.9 Å². The average Bonchev–Trinajstić information content (AvgIpc) is 2.82. The zero-order valence-electron chi connectivity index (χ0n) is 19.9. The summed E-state index contributed by atoms with van der Waals surface area (Å²) in [5.41, 5.74) is 1.38. The molecule has 0 aromatic heterocycles. The maximum Gasteiger partial charge on any atom is 0.438 e. The number of ketones is 2. The Morgan fingerprint density at radius 2 is 1.11 bits per heavy atom. The van der Waals surface area contributed by atoms with Gasteiger partial charge in [-0.2, -0.15) is 0 Å². The minimum atomic E-state index is -1.22. The molecule has 0 radical (unpaired) electrons. The van der Waals surface area contributed by atoms with Crippen LogP contribution >= 0.6 is 23.2 Å². The van der Waals surface area contributed by atoms with E-state index >= 15 is 0 Å². The van der Waals surface area contributed by atoms with E-state index in [0.29, 0.717) is 21.2 Å². The van der Waals surface area contributed by atoms with Crippen LogP contribution in [0, 0.1) is 0 Å². The normalized spacial score (nSPS) is 25.4. The first-order valence-corrected chi connectivity index (χ1v) is 12.4. The number of hydroxylamine groups is 4. The highest BCUT2D eigenvalue weighted by atomic mass is 35.5. The predicted molar refractivity (Wildman–Crippen MR) is 132 cm³/mol. The van der Waals surface area contributed by atoms with E-state index in [1.807, 2.05) is 0 Å². The topological polar surface area (TPSA) is 93.2 Å². The molecule has 2 heterocycles. The van der Waals surface area contributed by atoms with Crippen molar-refractivity contribution in [2.45, 2.75) is 63.7 Å². The van der Waals surface area contributed by atoms with Gasteiger partial charge in [-0.15, -0.1) is 10.1 Å². The van der Waals surface area contributed by atoms with Gasteiger partial charge in [0.1, 0.15) is 11.6 Å². The van der Waals surface area contributed by atoms with Gasteiger partial charge in [-0.3, -0.25) is 9.59 Å². The number of piperidine rings is 2. The summed E-state index contributed by atoms with van der Waals surface area (Å²) < 4.78 is 0. The smallest absolute Gasteiger partial charge is 0.358 e. The molecule has 0 aliphatic carbocycles. The van der Waals surface area contributed by atoms with Crippen molar-refractivity contribution in [3.63, 3.8) is 0 Å². The summed E-state index contributed by atoms with van der Waals surface area (Å²) in [7, 11) is 0. The van der Waals surface area contributed by atoms with E-state index in [-0.39, 0.29) is 37.2 Å². The first kappa shape index (κ1) is 26.3. The van der Waals surface area contributed by atoms with Crippen molar-refractivity contribution in [2.75, 3.05) is 0 Å². The second kappa shape index (κ2) is 11.1. The maximum atomic E-state index is 12.9. The second-order valence-electron chi connectivity index (χ2n) is 9.21. The van der Waals surface area contributed by atoms with Crippen molar-refractivity contribution in [1.29, 1.82) is 0 Å². The molecule has 10 heteroatoms. The van der Waals surface area contributed by atoms with E-state index in [2.05, 4.69) is 0 Å². The van der Waals surface area contributed by atoms with Gasteiger partial charge in [-0.25, -0.2) is 9.59 Å². The highest BCUT2D eigenvalue weighted by molar-refractivity contribution is 6.31. The van der Waals surface area contributed by atoms with E-state index in [1.165, 1.54) is 10.1 Å². The summed E-state index contributed by atoms with van der Waals surface area (Å²) in [6.45, 7) is 3.47. The lowest BCUT2D eigenvalue weighted by Crippen LogP contribution is -2.48. The number of nitrogens with zero attached hydrogens (tertiary/aromatic N) is 2. The molecule has 0 N–H and O–H groups in total. The number of Topliss-reactive ketones (excluding diaryl/α,β-unsaturated/α-hetero) is 2. The van der Waals surface area contributed by atoms with E-state index in [1.54, 1.807) is 62.4 Å². The number of hydrogen-bond donors (Lipinski definition) is 0. The van der Waals surface area contributed by atoms with Crippen molar-refractivity contribution in [3.05, 3.63) is 69.7 Å². The van der Waals surface area contributed by atoms with Crippen LogP contribution in [0.2, 0.25) is 10.0 Å². The standard InChI is InChI=1S/C26H26Cl2N2O6/c1-15-9-21(31)13-23(17-5-3-7-19(27)11-17)29(15)35-25(33)26(34)36-30-16(2)10-22(32)14-24(30)18-6-4-8-20(28)12-18/h3-8,11-12,15-16,23-24H,9-10,13-14H2,1-2H3/t15-,16-,23-,24-/m0/s1. The van der Waals surface area contributed by atoms with Crippen molar-refractivity contribution in [2.24, 2.45) is 0 Å². The number of hydrogen-bond acceptors (Lipinski definition) is 8. The number of carbonyl (C=O) groups is 4. The average molecular weight is 533 g/mol. The van der Waals surface area contributed by atoms with Gasteiger partial charge in [0, 0.05) is 35.7 Å². The Labute approximate surface area is 218 Å². The van der Waals surface area contributed by atoms with Crippen LogP contribution in [0.1, 0.15) is 62.7 Å². The zero-order chi connectivity index (χ0) is 26.0. The third-order valence-electron chi connectivity index (χ3n) is 6.38. The number of halogens is 2. The van der Waals surface area contributed by atoms with Gasteiger partial charge in [0.05, 0.1) is 24.2 Å². The summed E-state index contributed by atoms with van der Waals surface area (Å²) in [6, 6.07) is 11.7. The summed E-state index contributed by atoms with van der Waals surface area (Å²) in [5.74, 6) is -2.42. The fraction of sp³-hybridized carbons (Fsp3) is 0.385. The third-order valence-corrected chi connectivity index (χ3v) is 6.85.